The smallest absolute Gasteiger partial charge is 0.145 e. The zero-order valence-electron chi connectivity index (χ0n) is 32.8. The molecular weight excluding hydrogens is 719 g/mol. The summed E-state index contributed by atoms with van der Waals surface area (Å²) in [5.41, 5.74) is 14.0. The van der Waals surface area contributed by atoms with E-state index < -0.39 is 0 Å². The molecule has 0 radical (unpaired) electrons. The van der Waals surface area contributed by atoms with Crippen molar-refractivity contribution >= 4 is 66.8 Å². The third-order valence-electron chi connectivity index (χ3n) is 11.7. The maximum atomic E-state index is 6.68. The molecule has 3 heterocycles. The van der Waals surface area contributed by atoms with Gasteiger partial charge in [0.1, 0.15) is 16.8 Å². The van der Waals surface area contributed by atoms with Gasteiger partial charge in [0.05, 0.1) is 27.7 Å². The van der Waals surface area contributed by atoms with Crippen molar-refractivity contribution in [3.05, 3.63) is 216 Å². The molecule has 4 nitrogen and oxygen atoms in total. The molecule has 59 heavy (non-hydrogen) atoms. The number of hydrogen-bond donors (Lipinski definition) is 0. The Hall–Kier alpha value is -7.69. The van der Waals surface area contributed by atoms with Crippen molar-refractivity contribution in [2.45, 2.75) is 6.92 Å². The average Bonchev–Trinajstić information content (AvgIpc) is 3.83. The van der Waals surface area contributed by atoms with Gasteiger partial charge in [-0.2, -0.15) is 0 Å². The third-order valence-corrected chi connectivity index (χ3v) is 11.7. The van der Waals surface area contributed by atoms with Gasteiger partial charge in [-0.15, -0.1) is 0 Å². The van der Waals surface area contributed by atoms with Crippen LogP contribution in [0.2, 0.25) is 0 Å². The fourth-order valence-electron chi connectivity index (χ4n) is 8.80. The van der Waals surface area contributed by atoms with Crippen molar-refractivity contribution in [2.75, 3.05) is 11.9 Å². The van der Waals surface area contributed by atoms with Gasteiger partial charge in [0, 0.05) is 40.0 Å². The summed E-state index contributed by atoms with van der Waals surface area (Å²) in [5, 5.41) is 6.79. The lowest BCUT2D eigenvalue weighted by Gasteiger charge is -2.28. The Kier molecular flexibility index (Phi) is 8.23. The molecule has 0 N–H and O–H groups in total. The molecule has 11 rings (SSSR count). The van der Waals surface area contributed by atoms with E-state index in [2.05, 4.69) is 205 Å². The van der Waals surface area contributed by atoms with E-state index in [1.165, 1.54) is 43.7 Å². The molecule has 0 atom stereocenters. The van der Waals surface area contributed by atoms with E-state index in [0.29, 0.717) is 0 Å². The Morgan fingerprint density at radius 1 is 0.525 bits per heavy atom. The second-order valence-corrected chi connectivity index (χ2v) is 15.2. The molecule has 0 spiro atoms. The largest absolute Gasteiger partial charge is 0.456 e. The van der Waals surface area contributed by atoms with Crippen LogP contribution in [0.1, 0.15) is 18.1 Å². The molecular formula is C55H39N3O. The first kappa shape index (κ1) is 34.5. The van der Waals surface area contributed by atoms with Gasteiger partial charge < -0.3 is 13.9 Å². The summed E-state index contributed by atoms with van der Waals surface area (Å²) in [4.78, 5) is 7.78. The second kappa shape index (κ2) is 14.0. The number of allylic oxidation sites excluding steroid dienone is 2. The zero-order chi connectivity index (χ0) is 39.5. The Labute approximate surface area is 342 Å². The van der Waals surface area contributed by atoms with Crippen LogP contribution in [0.3, 0.4) is 0 Å². The summed E-state index contributed by atoms with van der Waals surface area (Å²) in [6.07, 6.45) is 6.12. The van der Waals surface area contributed by atoms with E-state index in [-0.39, 0.29) is 0 Å². The fourth-order valence-corrected chi connectivity index (χ4v) is 8.80. The van der Waals surface area contributed by atoms with Gasteiger partial charge in [0.15, 0.2) is 0 Å². The van der Waals surface area contributed by atoms with E-state index in [1.807, 2.05) is 19.1 Å². The summed E-state index contributed by atoms with van der Waals surface area (Å²) >= 11 is 0. The number of aromatic nitrogens is 1. The zero-order valence-corrected chi connectivity index (χ0v) is 32.8. The Balaban J connectivity index is 1.11. The molecule has 1 aliphatic rings. The van der Waals surface area contributed by atoms with Gasteiger partial charge in [-0.25, -0.2) is 4.99 Å². The number of para-hydroxylation sites is 3. The number of rotatable bonds is 5. The van der Waals surface area contributed by atoms with Crippen LogP contribution >= 0.6 is 0 Å². The maximum absolute atomic E-state index is 6.68. The summed E-state index contributed by atoms with van der Waals surface area (Å²) in [5.74, 6) is 0.839. The van der Waals surface area contributed by atoms with E-state index in [0.717, 1.165) is 66.8 Å². The summed E-state index contributed by atoms with van der Waals surface area (Å²) in [7, 11) is 2.11. The number of anilines is 1. The van der Waals surface area contributed by atoms with Crippen LogP contribution < -0.4 is 15.5 Å². The molecule has 0 amide bonds. The lowest BCUT2D eigenvalue weighted by atomic mass is 9.94. The molecule has 8 aromatic carbocycles. The van der Waals surface area contributed by atoms with Crippen LogP contribution in [0, 0.1) is 0 Å². The van der Waals surface area contributed by atoms with E-state index >= 15 is 0 Å². The molecule has 0 unspecified atom stereocenters. The molecule has 1 aliphatic heterocycles. The molecule has 10 aromatic rings. The normalized spacial score (nSPS) is 14.2. The minimum atomic E-state index is 0.771. The van der Waals surface area contributed by atoms with Crippen molar-refractivity contribution in [3.8, 4) is 27.9 Å². The molecule has 0 bridgehead atoms. The highest BCUT2D eigenvalue weighted by Gasteiger charge is 2.25. The summed E-state index contributed by atoms with van der Waals surface area (Å²) in [6.45, 7) is 2.02. The number of nitrogens with zero attached hydrogens (tertiary/aromatic N) is 3. The van der Waals surface area contributed by atoms with E-state index in [9.17, 15) is 0 Å². The molecule has 280 valence electrons. The van der Waals surface area contributed by atoms with Crippen LogP contribution in [0.4, 0.5) is 5.69 Å². The Morgan fingerprint density at radius 2 is 1.15 bits per heavy atom. The number of furan rings is 1. The first-order chi connectivity index (χ1) is 29.1. The molecule has 0 saturated carbocycles. The summed E-state index contributed by atoms with van der Waals surface area (Å²) < 4.78 is 9.04. The molecule has 2 aromatic heterocycles. The van der Waals surface area contributed by atoms with E-state index in [4.69, 9.17) is 9.41 Å². The van der Waals surface area contributed by atoms with Crippen molar-refractivity contribution in [1.82, 2.24) is 4.57 Å². The minimum Gasteiger partial charge on any atom is -0.456 e. The van der Waals surface area contributed by atoms with Crippen molar-refractivity contribution in [3.63, 3.8) is 0 Å². The average molecular weight is 758 g/mol. The Bertz CT molecular complexity index is 3460. The van der Waals surface area contributed by atoms with Crippen molar-refractivity contribution in [1.29, 1.82) is 0 Å². The van der Waals surface area contributed by atoms with Gasteiger partial charge in [-0.1, -0.05) is 133 Å². The molecule has 0 saturated heterocycles. The van der Waals surface area contributed by atoms with E-state index in [1.54, 1.807) is 0 Å². The molecule has 4 heteroatoms. The number of benzene rings is 8. The Morgan fingerprint density at radius 3 is 1.97 bits per heavy atom. The van der Waals surface area contributed by atoms with Crippen LogP contribution in [-0.4, -0.2) is 17.3 Å². The predicted octanol–water partition coefficient (Wildman–Crippen LogP) is 12.4. The highest BCUT2D eigenvalue weighted by atomic mass is 16.3. The first-order valence-electron chi connectivity index (χ1n) is 20.1. The summed E-state index contributed by atoms with van der Waals surface area (Å²) in [6, 6.07) is 65.2. The van der Waals surface area contributed by atoms with Crippen LogP contribution in [-0.2, 0) is 0 Å². The fraction of sp³-hybridized carbons (Fsp3) is 0.0364. The quantitative estimate of drug-likeness (QED) is 0.175. The lowest BCUT2D eigenvalue weighted by Crippen LogP contribution is -2.33. The van der Waals surface area contributed by atoms with Crippen LogP contribution in [0.25, 0.3) is 83.4 Å². The third kappa shape index (κ3) is 5.80. The van der Waals surface area contributed by atoms with Crippen LogP contribution in [0.5, 0.6) is 0 Å². The first-order valence-corrected chi connectivity index (χ1v) is 20.1. The highest BCUT2D eigenvalue weighted by molar-refractivity contribution is 6.21. The second-order valence-electron chi connectivity index (χ2n) is 15.2. The van der Waals surface area contributed by atoms with Gasteiger partial charge in [0.25, 0.3) is 0 Å². The number of aliphatic imine (C=N–C) groups is 1. The van der Waals surface area contributed by atoms with Crippen LogP contribution in [0.15, 0.2) is 204 Å². The topological polar surface area (TPSA) is 33.7 Å². The van der Waals surface area contributed by atoms with Crippen molar-refractivity contribution < 1.29 is 4.42 Å². The number of fused-ring (bicyclic) bond motifs is 6. The maximum Gasteiger partial charge on any atom is 0.145 e. The molecule has 0 aliphatic carbocycles. The monoisotopic (exact) mass is 757 g/mol. The van der Waals surface area contributed by atoms with Crippen molar-refractivity contribution in [2.24, 2.45) is 4.99 Å². The highest BCUT2D eigenvalue weighted by Crippen LogP contribution is 2.37. The van der Waals surface area contributed by atoms with Gasteiger partial charge in [-0.05, 0) is 107 Å². The minimum absolute atomic E-state index is 0.771. The van der Waals surface area contributed by atoms with Gasteiger partial charge in [0.2, 0.25) is 0 Å². The van der Waals surface area contributed by atoms with Gasteiger partial charge >= 0.3 is 0 Å². The molecule has 0 fully saturated rings. The SMILES string of the molecule is C\C=C/C=c1/oc2ccc(-c3ccc4c(c3)c3ccccc3n4-c3ccccc3)cc2/c1=C1\N=C(c2ccc3cc(-c4ccccc4)ccc3c2)c2ccccc2N1C. The number of hydrogen-bond acceptors (Lipinski definition) is 3. The standard InChI is InChI=1S/C55H39N3O/c1-3-4-23-52-53(47-35-41(29-31-51(47)59-52)40-28-30-50-46(34-40)44-19-11-14-22-49(44)58(50)43-17-9-6-10-18-43)55-56-54(45-20-12-13-21-48(45)57(55)2)42-27-26-38-32-37(24-25-39(38)33-42)36-15-7-5-8-16-36/h3-35H,1-2H3/b4-3-,52-23+,55-53-. The predicted molar refractivity (Wildman–Crippen MR) is 248 cm³/mol. The lowest BCUT2D eigenvalue weighted by molar-refractivity contribution is 0.575. The van der Waals surface area contributed by atoms with Gasteiger partial charge in [-0.3, -0.25) is 0 Å².